The Morgan fingerprint density at radius 3 is 2.33 bits per heavy atom. The Labute approximate surface area is 92.8 Å². The maximum absolute atomic E-state index is 12.1. The molecule has 1 aliphatic carbocycles. The van der Waals surface area contributed by atoms with Crippen LogP contribution in [0.4, 0.5) is 0 Å². The highest BCUT2D eigenvalue weighted by atomic mass is 16.2. The van der Waals surface area contributed by atoms with E-state index in [0.29, 0.717) is 18.5 Å². The van der Waals surface area contributed by atoms with Crippen LogP contribution in [0.1, 0.15) is 46.5 Å². The average Bonchev–Trinajstić information content (AvgIpc) is 3.00. The number of carbonyl (C=O) groups excluding carboxylic acids is 1. The van der Waals surface area contributed by atoms with Crippen LogP contribution in [0.25, 0.3) is 0 Å². The molecule has 88 valence electrons. The van der Waals surface area contributed by atoms with Crippen molar-refractivity contribution < 1.29 is 4.79 Å². The van der Waals surface area contributed by atoms with Crippen molar-refractivity contribution in [3.63, 3.8) is 0 Å². The molecule has 0 aromatic heterocycles. The van der Waals surface area contributed by atoms with Crippen LogP contribution in [0.15, 0.2) is 0 Å². The lowest BCUT2D eigenvalue weighted by molar-refractivity contribution is -0.131. The number of hydrogen-bond donors (Lipinski definition) is 2. The topological polar surface area (TPSA) is 55.1 Å². The predicted molar refractivity (Wildman–Crippen MR) is 62.4 cm³/mol. The van der Waals surface area contributed by atoms with Gasteiger partial charge in [0, 0.05) is 12.6 Å². The van der Waals surface area contributed by atoms with Gasteiger partial charge in [0.25, 0.3) is 0 Å². The van der Waals surface area contributed by atoms with Crippen molar-refractivity contribution in [3.05, 3.63) is 0 Å². The van der Waals surface area contributed by atoms with Gasteiger partial charge in [-0.05, 0) is 25.2 Å². The highest BCUT2D eigenvalue weighted by Crippen LogP contribution is 2.35. The third kappa shape index (κ3) is 2.51. The largest absolute Gasteiger partial charge is 0.353 e. The third-order valence-electron chi connectivity index (χ3n) is 3.99. The van der Waals surface area contributed by atoms with Crippen LogP contribution >= 0.6 is 0 Å². The van der Waals surface area contributed by atoms with Gasteiger partial charge in [-0.15, -0.1) is 0 Å². The molecule has 1 fully saturated rings. The molecule has 0 aromatic rings. The molecule has 2 atom stereocenters. The molecule has 0 spiro atoms. The second-order valence-electron chi connectivity index (χ2n) is 4.68. The Hall–Kier alpha value is -0.570. The molecule has 1 saturated carbocycles. The second-order valence-corrected chi connectivity index (χ2v) is 4.68. The van der Waals surface area contributed by atoms with E-state index in [0.717, 1.165) is 19.3 Å². The van der Waals surface area contributed by atoms with Gasteiger partial charge >= 0.3 is 0 Å². The van der Waals surface area contributed by atoms with Crippen molar-refractivity contribution in [2.75, 3.05) is 6.54 Å². The van der Waals surface area contributed by atoms with Gasteiger partial charge in [-0.1, -0.05) is 27.2 Å². The standard InChI is InChI=1S/C12H24N2O/c1-4-9-7-10(9)14-11(15)12(5-2,6-3)8-13/h9-10H,4-8,13H2,1-3H3,(H,14,15). The van der Waals surface area contributed by atoms with E-state index in [-0.39, 0.29) is 11.3 Å². The van der Waals surface area contributed by atoms with Gasteiger partial charge in [-0.25, -0.2) is 0 Å². The molecule has 3 nitrogen and oxygen atoms in total. The van der Waals surface area contributed by atoms with Crippen molar-refractivity contribution in [2.24, 2.45) is 17.1 Å². The second kappa shape index (κ2) is 4.97. The van der Waals surface area contributed by atoms with Crippen molar-refractivity contribution >= 4 is 5.91 Å². The number of nitrogens with one attached hydrogen (secondary N) is 1. The number of rotatable bonds is 6. The van der Waals surface area contributed by atoms with Crippen LogP contribution in [0, 0.1) is 11.3 Å². The Morgan fingerprint density at radius 1 is 1.40 bits per heavy atom. The molecular formula is C12H24N2O. The maximum atomic E-state index is 12.1. The van der Waals surface area contributed by atoms with Crippen molar-refractivity contribution in [1.29, 1.82) is 0 Å². The van der Waals surface area contributed by atoms with Gasteiger partial charge in [0.2, 0.25) is 5.91 Å². The molecule has 1 amide bonds. The van der Waals surface area contributed by atoms with Gasteiger partial charge in [0.1, 0.15) is 0 Å². The smallest absolute Gasteiger partial charge is 0.227 e. The first-order valence-electron chi connectivity index (χ1n) is 6.14. The van der Waals surface area contributed by atoms with Crippen LogP contribution in [0.2, 0.25) is 0 Å². The van der Waals surface area contributed by atoms with Gasteiger partial charge in [0.15, 0.2) is 0 Å². The Balaban J connectivity index is 2.50. The summed E-state index contributed by atoms with van der Waals surface area (Å²) in [6, 6.07) is 0.423. The van der Waals surface area contributed by atoms with Crippen molar-refractivity contribution in [1.82, 2.24) is 5.32 Å². The minimum absolute atomic E-state index is 0.163. The summed E-state index contributed by atoms with van der Waals surface area (Å²) in [5.41, 5.74) is 5.40. The molecule has 3 N–H and O–H groups in total. The summed E-state index contributed by atoms with van der Waals surface area (Å²) < 4.78 is 0. The molecule has 0 heterocycles. The zero-order valence-electron chi connectivity index (χ0n) is 10.2. The maximum Gasteiger partial charge on any atom is 0.227 e. The number of hydrogen-bond acceptors (Lipinski definition) is 2. The first-order chi connectivity index (χ1) is 7.13. The van der Waals surface area contributed by atoms with Crippen LogP contribution < -0.4 is 11.1 Å². The van der Waals surface area contributed by atoms with Crippen LogP contribution in [0.3, 0.4) is 0 Å². The lowest BCUT2D eigenvalue weighted by atomic mass is 9.81. The number of nitrogens with two attached hydrogens (primary N) is 1. The van der Waals surface area contributed by atoms with E-state index < -0.39 is 0 Å². The Morgan fingerprint density at radius 2 is 2.00 bits per heavy atom. The molecule has 15 heavy (non-hydrogen) atoms. The number of amides is 1. The Kier molecular flexibility index (Phi) is 4.14. The first-order valence-corrected chi connectivity index (χ1v) is 6.14. The highest BCUT2D eigenvalue weighted by molar-refractivity contribution is 5.83. The molecule has 3 heteroatoms. The minimum Gasteiger partial charge on any atom is -0.353 e. The monoisotopic (exact) mass is 212 g/mol. The molecule has 0 aliphatic heterocycles. The van der Waals surface area contributed by atoms with Gasteiger partial charge in [-0.2, -0.15) is 0 Å². The molecule has 0 aromatic carbocycles. The molecular weight excluding hydrogens is 188 g/mol. The molecule has 1 aliphatic rings. The fourth-order valence-electron chi connectivity index (χ4n) is 2.15. The van der Waals surface area contributed by atoms with E-state index in [4.69, 9.17) is 5.73 Å². The highest BCUT2D eigenvalue weighted by Gasteiger charge is 2.41. The average molecular weight is 212 g/mol. The van der Waals surface area contributed by atoms with Crippen LogP contribution in [-0.2, 0) is 4.79 Å². The first kappa shape index (κ1) is 12.5. The SMILES string of the molecule is CCC1CC1NC(=O)C(CC)(CC)CN. The van der Waals surface area contributed by atoms with E-state index in [1.54, 1.807) is 0 Å². The zero-order chi connectivity index (χ0) is 11.5. The zero-order valence-corrected chi connectivity index (χ0v) is 10.2. The van der Waals surface area contributed by atoms with Crippen molar-refractivity contribution in [2.45, 2.75) is 52.5 Å². The normalized spacial score (nSPS) is 25.1. The van der Waals surface area contributed by atoms with Crippen LogP contribution in [-0.4, -0.2) is 18.5 Å². The van der Waals surface area contributed by atoms with Crippen LogP contribution in [0.5, 0.6) is 0 Å². The van der Waals surface area contributed by atoms with E-state index >= 15 is 0 Å². The van der Waals surface area contributed by atoms with E-state index in [2.05, 4.69) is 12.2 Å². The molecule has 0 radical (unpaired) electrons. The van der Waals surface area contributed by atoms with E-state index in [9.17, 15) is 4.79 Å². The van der Waals surface area contributed by atoms with Gasteiger partial charge in [-0.3, -0.25) is 4.79 Å². The number of carbonyl (C=O) groups is 1. The summed E-state index contributed by atoms with van der Waals surface area (Å²) in [5, 5.41) is 3.13. The summed E-state index contributed by atoms with van der Waals surface area (Å²) in [7, 11) is 0. The molecule has 1 rings (SSSR count). The van der Waals surface area contributed by atoms with Gasteiger partial charge < -0.3 is 11.1 Å². The van der Waals surface area contributed by atoms with Gasteiger partial charge in [0.05, 0.1) is 5.41 Å². The molecule has 0 saturated heterocycles. The fraction of sp³-hybridized carbons (Fsp3) is 0.917. The predicted octanol–water partition coefficient (Wildman–Crippen LogP) is 1.67. The summed E-state index contributed by atoms with van der Waals surface area (Å²) in [6.07, 6.45) is 3.97. The van der Waals surface area contributed by atoms with E-state index in [1.165, 1.54) is 6.42 Å². The van der Waals surface area contributed by atoms with E-state index in [1.807, 2.05) is 13.8 Å². The molecule has 0 bridgehead atoms. The lowest BCUT2D eigenvalue weighted by Gasteiger charge is -2.28. The molecule has 2 unspecified atom stereocenters. The Bertz CT molecular complexity index is 215. The summed E-state index contributed by atoms with van der Waals surface area (Å²) in [5.74, 6) is 0.870. The minimum atomic E-state index is -0.332. The summed E-state index contributed by atoms with van der Waals surface area (Å²) in [6.45, 7) is 6.71. The quantitative estimate of drug-likeness (QED) is 0.703. The fourth-order valence-corrected chi connectivity index (χ4v) is 2.15. The summed E-state index contributed by atoms with van der Waals surface area (Å²) >= 11 is 0. The third-order valence-corrected chi connectivity index (χ3v) is 3.99. The van der Waals surface area contributed by atoms with Crippen molar-refractivity contribution in [3.8, 4) is 0 Å². The lowest BCUT2D eigenvalue weighted by Crippen LogP contribution is -2.46. The summed E-state index contributed by atoms with van der Waals surface area (Å²) in [4.78, 5) is 12.1.